The lowest BCUT2D eigenvalue weighted by Crippen LogP contribution is -2.43. The summed E-state index contributed by atoms with van der Waals surface area (Å²) in [5, 5.41) is 0.428. The van der Waals surface area contributed by atoms with Gasteiger partial charge in [0, 0.05) is 18.4 Å². The number of hydrogen-bond acceptors (Lipinski definition) is 5. The van der Waals surface area contributed by atoms with Crippen LogP contribution in [0.1, 0.15) is 38.1 Å². The standard InChI is InChI=1S/C25H26N2O5/c1-15(2)22(28)27(17-11-7-6-8-12-17)24(30)20-21(32-25(31)16(3)4)18-13-9-10-14-19(18)26(5)23(20)29/h6-16H,1-5H3. The second kappa shape index (κ2) is 9.18. The Morgan fingerprint density at radius 1 is 0.875 bits per heavy atom. The highest BCUT2D eigenvalue weighted by atomic mass is 16.5. The maximum Gasteiger partial charge on any atom is 0.313 e. The summed E-state index contributed by atoms with van der Waals surface area (Å²) in [5.74, 6) is -3.03. The van der Waals surface area contributed by atoms with E-state index < -0.39 is 35.2 Å². The van der Waals surface area contributed by atoms with Crippen LogP contribution in [0, 0.1) is 11.8 Å². The van der Waals surface area contributed by atoms with E-state index in [-0.39, 0.29) is 11.3 Å². The largest absolute Gasteiger partial charge is 0.425 e. The Labute approximate surface area is 186 Å². The van der Waals surface area contributed by atoms with Crippen LogP contribution >= 0.6 is 0 Å². The summed E-state index contributed by atoms with van der Waals surface area (Å²) in [6.07, 6.45) is 0. The number of imide groups is 1. The van der Waals surface area contributed by atoms with Gasteiger partial charge in [-0.2, -0.15) is 0 Å². The fraction of sp³-hybridized carbons (Fsp3) is 0.280. The quantitative estimate of drug-likeness (QED) is 0.568. The average molecular weight is 434 g/mol. The summed E-state index contributed by atoms with van der Waals surface area (Å²) in [4.78, 5) is 53.6. The van der Waals surface area contributed by atoms with Gasteiger partial charge < -0.3 is 9.30 Å². The monoisotopic (exact) mass is 434 g/mol. The van der Waals surface area contributed by atoms with Crippen molar-refractivity contribution < 1.29 is 19.1 Å². The molecule has 3 rings (SSSR count). The van der Waals surface area contributed by atoms with Crippen molar-refractivity contribution in [2.45, 2.75) is 27.7 Å². The number of hydrogen-bond donors (Lipinski definition) is 0. The van der Waals surface area contributed by atoms with Crippen LogP contribution in [-0.2, 0) is 16.6 Å². The molecule has 0 spiro atoms. The van der Waals surface area contributed by atoms with Gasteiger partial charge >= 0.3 is 5.97 Å². The fourth-order valence-electron chi connectivity index (χ4n) is 3.27. The molecule has 0 saturated heterocycles. The first-order valence-electron chi connectivity index (χ1n) is 10.4. The molecule has 1 heterocycles. The molecular formula is C25H26N2O5. The summed E-state index contributed by atoms with van der Waals surface area (Å²) >= 11 is 0. The third-order valence-electron chi connectivity index (χ3n) is 5.08. The Morgan fingerprint density at radius 3 is 2.06 bits per heavy atom. The van der Waals surface area contributed by atoms with Gasteiger partial charge in [-0.25, -0.2) is 4.90 Å². The molecule has 0 aliphatic heterocycles. The minimum Gasteiger partial charge on any atom is -0.425 e. The first-order valence-corrected chi connectivity index (χ1v) is 10.4. The van der Waals surface area contributed by atoms with E-state index in [0.717, 1.165) is 4.90 Å². The van der Waals surface area contributed by atoms with Gasteiger partial charge in [-0.1, -0.05) is 58.0 Å². The van der Waals surface area contributed by atoms with E-state index >= 15 is 0 Å². The highest BCUT2D eigenvalue weighted by molar-refractivity contribution is 6.23. The van der Waals surface area contributed by atoms with E-state index in [1.807, 2.05) is 0 Å². The number of carbonyl (C=O) groups excluding carboxylic acids is 3. The number of nitrogens with zero attached hydrogens (tertiary/aromatic N) is 2. The van der Waals surface area contributed by atoms with Gasteiger partial charge in [0.15, 0.2) is 5.75 Å². The topological polar surface area (TPSA) is 85.7 Å². The zero-order valence-corrected chi connectivity index (χ0v) is 18.8. The van der Waals surface area contributed by atoms with Crippen molar-refractivity contribution in [1.82, 2.24) is 4.57 Å². The number of pyridine rings is 1. The number of para-hydroxylation sites is 2. The Balaban J connectivity index is 2.33. The smallest absolute Gasteiger partial charge is 0.313 e. The molecule has 0 aliphatic carbocycles. The lowest BCUT2D eigenvalue weighted by molar-refractivity contribution is -0.137. The SMILES string of the molecule is CC(C)C(=O)Oc1c(C(=O)N(C(=O)C(C)C)c2ccccc2)c(=O)n(C)c2ccccc12. The molecule has 3 aromatic rings. The summed E-state index contributed by atoms with van der Waals surface area (Å²) in [7, 11) is 1.53. The number of aromatic nitrogens is 1. The van der Waals surface area contributed by atoms with E-state index in [9.17, 15) is 19.2 Å². The van der Waals surface area contributed by atoms with Crippen molar-refractivity contribution in [2.24, 2.45) is 18.9 Å². The number of ether oxygens (including phenoxy) is 1. The summed E-state index contributed by atoms with van der Waals surface area (Å²) in [5.41, 5.74) is -0.189. The minimum atomic E-state index is -0.840. The van der Waals surface area contributed by atoms with Gasteiger partial charge in [-0.15, -0.1) is 0 Å². The third-order valence-corrected chi connectivity index (χ3v) is 5.08. The van der Waals surface area contributed by atoms with Crippen molar-refractivity contribution in [1.29, 1.82) is 0 Å². The Kier molecular flexibility index (Phi) is 6.58. The molecule has 0 unspecified atom stereocenters. The molecule has 0 bridgehead atoms. The molecule has 0 radical (unpaired) electrons. The molecule has 7 heteroatoms. The zero-order valence-electron chi connectivity index (χ0n) is 18.8. The number of aryl methyl sites for hydroxylation is 1. The molecule has 0 N–H and O–H groups in total. The maximum absolute atomic E-state index is 13.8. The molecule has 7 nitrogen and oxygen atoms in total. The van der Waals surface area contributed by atoms with Crippen LogP contribution in [0.25, 0.3) is 10.9 Å². The van der Waals surface area contributed by atoms with Gasteiger partial charge in [0.05, 0.1) is 17.1 Å². The zero-order chi connectivity index (χ0) is 23.6. The van der Waals surface area contributed by atoms with Gasteiger partial charge in [-0.05, 0) is 24.3 Å². The number of esters is 1. The van der Waals surface area contributed by atoms with Crippen LogP contribution in [0.5, 0.6) is 5.75 Å². The summed E-state index contributed by atoms with van der Waals surface area (Å²) in [6, 6.07) is 15.2. The van der Waals surface area contributed by atoms with Crippen molar-refractivity contribution in [2.75, 3.05) is 4.90 Å². The van der Waals surface area contributed by atoms with E-state index in [2.05, 4.69) is 0 Å². The minimum absolute atomic E-state index is 0.134. The van der Waals surface area contributed by atoms with E-state index in [0.29, 0.717) is 16.6 Å². The first kappa shape index (κ1) is 22.9. The normalized spacial score (nSPS) is 11.1. The number of carbonyl (C=O) groups is 3. The van der Waals surface area contributed by atoms with E-state index in [1.165, 1.54) is 11.6 Å². The van der Waals surface area contributed by atoms with Crippen LogP contribution in [0.3, 0.4) is 0 Å². The van der Waals surface area contributed by atoms with Crippen LogP contribution < -0.4 is 15.2 Å². The number of rotatable bonds is 5. The lowest BCUT2D eigenvalue weighted by Gasteiger charge is -2.24. The Hall–Kier alpha value is -3.74. The van der Waals surface area contributed by atoms with Gasteiger partial charge in [-0.3, -0.25) is 19.2 Å². The molecule has 0 aliphatic rings. The van der Waals surface area contributed by atoms with Gasteiger partial charge in [0.2, 0.25) is 5.91 Å². The molecule has 1 aromatic heterocycles. The number of amides is 2. The first-order chi connectivity index (χ1) is 15.1. The average Bonchev–Trinajstić information content (AvgIpc) is 2.77. The Bertz CT molecular complexity index is 1240. The lowest BCUT2D eigenvalue weighted by atomic mass is 10.1. The molecule has 32 heavy (non-hydrogen) atoms. The van der Waals surface area contributed by atoms with Crippen molar-refractivity contribution >= 4 is 34.4 Å². The molecule has 0 fully saturated rings. The molecular weight excluding hydrogens is 408 g/mol. The Morgan fingerprint density at radius 2 is 1.47 bits per heavy atom. The van der Waals surface area contributed by atoms with Crippen LogP contribution in [0.4, 0.5) is 5.69 Å². The third kappa shape index (κ3) is 4.19. The summed E-state index contributed by atoms with van der Waals surface area (Å²) in [6.45, 7) is 6.66. The predicted octanol–water partition coefficient (Wildman–Crippen LogP) is 3.93. The van der Waals surface area contributed by atoms with E-state index in [1.54, 1.807) is 82.3 Å². The predicted molar refractivity (Wildman–Crippen MR) is 123 cm³/mol. The molecule has 2 amide bonds. The molecule has 166 valence electrons. The van der Waals surface area contributed by atoms with Gasteiger partial charge in [0.25, 0.3) is 11.5 Å². The highest BCUT2D eigenvalue weighted by Gasteiger charge is 2.33. The second-order valence-corrected chi connectivity index (χ2v) is 8.13. The summed E-state index contributed by atoms with van der Waals surface area (Å²) < 4.78 is 6.91. The number of fused-ring (bicyclic) bond motifs is 1. The van der Waals surface area contributed by atoms with Crippen molar-refractivity contribution in [3.8, 4) is 5.75 Å². The maximum atomic E-state index is 13.8. The van der Waals surface area contributed by atoms with Crippen LogP contribution in [0.15, 0.2) is 59.4 Å². The number of anilines is 1. The van der Waals surface area contributed by atoms with Crippen LogP contribution in [0.2, 0.25) is 0 Å². The molecule has 2 aromatic carbocycles. The molecule has 0 atom stereocenters. The van der Waals surface area contributed by atoms with E-state index in [4.69, 9.17) is 4.74 Å². The molecule has 0 saturated carbocycles. The second-order valence-electron chi connectivity index (χ2n) is 8.13. The highest BCUT2D eigenvalue weighted by Crippen LogP contribution is 2.30. The van der Waals surface area contributed by atoms with Crippen LogP contribution in [-0.4, -0.2) is 22.4 Å². The fourth-order valence-corrected chi connectivity index (χ4v) is 3.27. The van der Waals surface area contributed by atoms with Crippen molar-refractivity contribution in [3.05, 3.63) is 70.5 Å². The van der Waals surface area contributed by atoms with Crippen molar-refractivity contribution in [3.63, 3.8) is 0 Å². The number of benzene rings is 2. The van der Waals surface area contributed by atoms with Gasteiger partial charge in [0.1, 0.15) is 5.56 Å².